The minimum Gasteiger partial charge on any atom is -0.388 e. The van der Waals surface area contributed by atoms with E-state index in [1.54, 1.807) is 0 Å². The summed E-state index contributed by atoms with van der Waals surface area (Å²) >= 11 is 0. The average Bonchev–Trinajstić information content (AvgIpc) is 2.39. The highest BCUT2D eigenvalue weighted by Gasteiger charge is 2.14. The standard InChI is InChI=1S/C14H32N6/c1-3-12(4-2)20(10-6-5-8-13(15)16)11-7-9-19-14(17)18/h12H,3-11H2,1-2H3,(H3,15,16)(H4,17,18,19). The molecule has 0 aromatic carbocycles. The molecule has 0 fully saturated rings. The first-order chi connectivity index (χ1) is 9.51. The van der Waals surface area contributed by atoms with Crippen molar-refractivity contribution >= 4 is 11.8 Å². The van der Waals surface area contributed by atoms with Gasteiger partial charge in [-0.05, 0) is 38.6 Å². The third kappa shape index (κ3) is 9.61. The second kappa shape index (κ2) is 11.5. The Balaban J connectivity index is 4.13. The molecule has 0 spiro atoms. The predicted octanol–water partition coefficient (Wildman–Crippen LogP) is 1.25. The van der Waals surface area contributed by atoms with Crippen molar-refractivity contribution in [3.8, 4) is 0 Å². The molecule has 0 aromatic rings. The molecule has 0 radical (unpaired) electrons. The van der Waals surface area contributed by atoms with Crippen LogP contribution >= 0.6 is 0 Å². The Morgan fingerprint density at radius 3 is 2.15 bits per heavy atom. The zero-order valence-corrected chi connectivity index (χ0v) is 13.1. The van der Waals surface area contributed by atoms with E-state index in [1.165, 1.54) is 0 Å². The van der Waals surface area contributed by atoms with Crippen LogP contribution in [0, 0.1) is 5.41 Å². The number of nitrogens with two attached hydrogens (primary N) is 3. The van der Waals surface area contributed by atoms with E-state index in [0.717, 1.165) is 45.2 Å². The van der Waals surface area contributed by atoms with Crippen LogP contribution < -0.4 is 17.2 Å². The van der Waals surface area contributed by atoms with Gasteiger partial charge < -0.3 is 22.1 Å². The average molecular weight is 284 g/mol. The Kier molecular flexibility index (Phi) is 10.8. The van der Waals surface area contributed by atoms with Crippen molar-refractivity contribution < 1.29 is 0 Å². The van der Waals surface area contributed by atoms with Gasteiger partial charge in [-0.15, -0.1) is 0 Å². The molecular formula is C14H32N6. The van der Waals surface area contributed by atoms with Crippen LogP contribution in [0.5, 0.6) is 0 Å². The number of aliphatic imine (C=N–C) groups is 1. The highest BCUT2D eigenvalue weighted by molar-refractivity contribution is 5.76. The largest absolute Gasteiger partial charge is 0.388 e. The van der Waals surface area contributed by atoms with Crippen LogP contribution in [0.4, 0.5) is 0 Å². The minimum atomic E-state index is 0.167. The van der Waals surface area contributed by atoms with Gasteiger partial charge in [0, 0.05) is 25.6 Å². The van der Waals surface area contributed by atoms with E-state index in [4.69, 9.17) is 22.6 Å². The van der Waals surface area contributed by atoms with Crippen LogP contribution in [-0.4, -0.2) is 42.4 Å². The third-order valence-corrected chi connectivity index (χ3v) is 3.50. The Morgan fingerprint density at radius 2 is 1.65 bits per heavy atom. The number of hydrogen-bond donors (Lipinski definition) is 4. The Labute approximate surface area is 123 Å². The lowest BCUT2D eigenvalue weighted by Gasteiger charge is -2.30. The molecule has 20 heavy (non-hydrogen) atoms. The highest BCUT2D eigenvalue weighted by atomic mass is 15.1. The van der Waals surface area contributed by atoms with E-state index in [1.807, 2.05) is 0 Å². The second-order valence-corrected chi connectivity index (χ2v) is 5.15. The molecule has 0 aliphatic heterocycles. The van der Waals surface area contributed by atoms with Crippen molar-refractivity contribution in [2.45, 2.75) is 58.4 Å². The highest BCUT2D eigenvalue weighted by Crippen LogP contribution is 2.11. The van der Waals surface area contributed by atoms with Crippen LogP contribution in [0.2, 0.25) is 0 Å². The molecule has 0 atom stereocenters. The van der Waals surface area contributed by atoms with E-state index >= 15 is 0 Å². The Hall–Kier alpha value is -1.30. The number of amidine groups is 1. The van der Waals surface area contributed by atoms with E-state index < -0.39 is 0 Å². The lowest BCUT2D eigenvalue weighted by Crippen LogP contribution is -2.36. The van der Waals surface area contributed by atoms with Gasteiger partial charge in [-0.2, -0.15) is 0 Å². The topological polar surface area (TPSA) is 118 Å². The van der Waals surface area contributed by atoms with Crippen LogP contribution in [0.25, 0.3) is 0 Å². The molecule has 0 aromatic heterocycles. The van der Waals surface area contributed by atoms with Crippen molar-refractivity contribution in [2.75, 3.05) is 19.6 Å². The molecule has 0 unspecified atom stereocenters. The SMILES string of the molecule is CCC(CC)N(CCCCC(=N)N)CCCN=C(N)N. The van der Waals surface area contributed by atoms with Gasteiger partial charge in [0.05, 0.1) is 5.84 Å². The number of guanidine groups is 1. The van der Waals surface area contributed by atoms with E-state index in [0.29, 0.717) is 19.0 Å². The Bertz CT molecular complexity index is 281. The lowest BCUT2D eigenvalue weighted by molar-refractivity contribution is 0.181. The van der Waals surface area contributed by atoms with Gasteiger partial charge in [0.15, 0.2) is 5.96 Å². The summed E-state index contributed by atoms with van der Waals surface area (Å²) in [6.07, 6.45) is 6.06. The van der Waals surface area contributed by atoms with Crippen LogP contribution in [-0.2, 0) is 0 Å². The number of rotatable bonds is 12. The maximum absolute atomic E-state index is 7.24. The first kappa shape index (κ1) is 18.7. The second-order valence-electron chi connectivity index (χ2n) is 5.15. The summed E-state index contributed by atoms with van der Waals surface area (Å²) in [6, 6.07) is 0.617. The van der Waals surface area contributed by atoms with Crippen LogP contribution in [0.1, 0.15) is 52.4 Å². The van der Waals surface area contributed by atoms with E-state index in [9.17, 15) is 0 Å². The van der Waals surface area contributed by atoms with Gasteiger partial charge in [-0.1, -0.05) is 13.8 Å². The minimum absolute atomic E-state index is 0.167. The summed E-state index contributed by atoms with van der Waals surface area (Å²) in [6.45, 7) is 7.22. The molecule has 6 nitrogen and oxygen atoms in total. The first-order valence-electron chi connectivity index (χ1n) is 7.63. The molecule has 0 saturated heterocycles. The first-order valence-corrected chi connectivity index (χ1v) is 7.63. The van der Waals surface area contributed by atoms with Gasteiger partial charge in [0.1, 0.15) is 0 Å². The summed E-state index contributed by atoms with van der Waals surface area (Å²) in [4.78, 5) is 6.54. The molecule has 7 N–H and O–H groups in total. The summed E-state index contributed by atoms with van der Waals surface area (Å²) in [5.74, 6) is 0.451. The fourth-order valence-electron chi connectivity index (χ4n) is 2.39. The van der Waals surface area contributed by atoms with Crippen molar-refractivity contribution in [1.29, 1.82) is 5.41 Å². The zero-order chi connectivity index (χ0) is 15.4. The fraction of sp³-hybridized carbons (Fsp3) is 0.857. The van der Waals surface area contributed by atoms with Gasteiger partial charge in [0.2, 0.25) is 0 Å². The van der Waals surface area contributed by atoms with Crippen LogP contribution in [0.3, 0.4) is 0 Å². The molecule has 0 aliphatic rings. The van der Waals surface area contributed by atoms with Gasteiger partial charge in [0.25, 0.3) is 0 Å². The lowest BCUT2D eigenvalue weighted by atomic mass is 10.1. The van der Waals surface area contributed by atoms with Gasteiger partial charge in [-0.3, -0.25) is 10.4 Å². The molecule has 0 heterocycles. The summed E-state index contributed by atoms with van der Waals surface area (Å²) < 4.78 is 0. The molecule has 6 heteroatoms. The molecule has 0 saturated carbocycles. The summed E-state index contributed by atoms with van der Waals surface area (Å²) in [7, 11) is 0. The molecule has 0 bridgehead atoms. The quantitative estimate of drug-likeness (QED) is 0.245. The van der Waals surface area contributed by atoms with Gasteiger partial charge >= 0.3 is 0 Å². The molecular weight excluding hydrogens is 252 g/mol. The normalized spacial score (nSPS) is 11.0. The molecule has 0 aliphatic carbocycles. The Morgan fingerprint density at radius 1 is 1.05 bits per heavy atom. The van der Waals surface area contributed by atoms with Crippen molar-refractivity contribution in [1.82, 2.24) is 4.90 Å². The molecule has 118 valence electrons. The predicted molar refractivity (Wildman–Crippen MR) is 87.0 cm³/mol. The van der Waals surface area contributed by atoms with E-state index in [2.05, 4.69) is 23.7 Å². The molecule has 0 amide bonds. The summed E-state index contributed by atoms with van der Waals surface area (Å²) in [5, 5.41) is 7.24. The number of unbranched alkanes of at least 4 members (excludes halogenated alkanes) is 1. The van der Waals surface area contributed by atoms with Crippen molar-refractivity contribution in [3.05, 3.63) is 0 Å². The zero-order valence-electron chi connectivity index (χ0n) is 13.1. The van der Waals surface area contributed by atoms with E-state index in [-0.39, 0.29) is 11.8 Å². The maximum Gasteiger partial charge on any atom is 0.185 e. The maximum atomic E-state index is 7.24. The van der Waals surface area contributed by atoms with Crippen LogP contribution in [0.15, 0.2) is 4.99 Å². The fourth-order valence-corrected chi connectivity index (χ4v) is 2.39. The number of nitrogens with one attached hydrogen (secondary N) is 1. The smallest absolute Gasteiger partial charge is 0.185 e. The van der Waals surface area contributed by atoms with Gasteiger partial charge in [-0.25, -0.2) is 0 Å². The van der Waals surface area contributed by atoms with Crippen molar-refractivity contribution in [2.24, 2.45) is 22.2 Å². The number of hydrogen-bond acceptors (Lipinski definition) is 3. The summed E-state index contributed by atoms with van der Waals surface area (Å²) in [5.41, 5.74) is 16.0. The molecule has 0 rings (SSSR count). The number of nitrogens with zero attached hydrogens (tertiary/aromatic N) is 2. The monoisotopic (exact) mass is 284 g/mol. The third-order valence-electron chi connectivity index (χ3n) is 3.50. The van der Waals surface area contributed by atoms with Crippen molar-refractivity contribution in [3.63, 3.8) is 0 Å².